The number of nitrogens with one attached hydrogen (secondary N) is 1. The van der Waals surface area contributed by atoms with E-state index in [1.54, 1.807) is 0 Å². The number of aryl methyl sites for hydroxylation is 1. The second-order valence-electron chi connectivity index (χ2n) is 5.43. The van der Waals surface area contributed by atoms with Gasteiger partial charge in [0.1, 0.15) is 0 Å². The van der Waals surface area contributed by atoms with Crippen LogP contribution in [0.1, 0.15) is 54.8 Å². The van der Waals surface area contributed by atoms with E-state index < -0.39 is 0 Å². The number of hydrogen-bond donors (Lipinski definition) is 2. The van der Waals surface area contributed by atoms with Crippen molar-refractivity contribution in [2.45, 2.75) is 53.1 Å². The summed E-state index contributed by atoms with van der Waals surface area (Å²) < 4.78 is 0. The Labute approximate surface area is 98.1 Å². The maximum absolute atomic E-state index is 10.5. The first-order chi connectivity index (χ1) is 7.52. The Morgan fingerprint density at radius 2 is 1.88 bits per heavy atom. The second-order valence-corrected chi connectivity index (χ2v) is 5.43. The van der Waals surface area contributed by atoms with Crippen molar-refractivity contribution >= 4 is 0 Å². The number of rotatable bonds is 2. The van der Waals surface area contributed by atoms with Gasteiger partial charge in [-0.15, -0.1) is 0 Å². The molecule has 90 valence electrons. The van der Waals surface area contributed by atoms with Crippen LogP contribution in [-0.4, -0.2) is 10.1 Å². The Balaban J connectivity index is 2.26. The van der Waals surface area contributed by atoms with Crippen LogP contribution in [0.5, 0.6) is 0 Å². The number of aliphatic hydroxyl groups is 1. The number of H-pyrrole nitrogens is 1. The summed E-state index contributed by atoms with van der Waals surface area (Å²) >= 11 is 0. The minimum Gasteiger partial charge on any atom is -0.387 e. The third-order valence-corrected chi connectivity index (χ3v) is 4.48. The predicted octanol–water partition coefficient (Wildman–Crippen LogP) is 3.41. The molecule has 0 bridgehead atoms. The fourth-order valence-corrected chi connectivity index (χ4v) is 3.03. The summed E-state index contributed by atoms with van der Waals surface area (Å²) in [4.78, 5) is 3.36. The molecular weight excluding hydrogens is 198 g/mol. The van der Waals surface area contributed by atoms with E-state index in [0.717, 1.165) is 5.69 Å². The third kappa shape index (κ3) is 1.80. The lowest BCUT2D eigenvalue weighted by molar-refractivity contribution is 0.0860. The topological polar surface area (TPSA) is 36.0 Å². The monoisotopic (exact) mass is 221 g/mol. The highest BCUT2D eigenvalue weighted by Crippen LogP contribution is 2.40. The molecule has 1 saturated carbocycles. The number of aromatic amines is 1. The van der Waals surface area contributed by atoms with Crippen LogP contribution in [0.3, 0.4) is 0 Å². The standard InChI is InChI=1S/C14H23NO/c1-8-6-5-7-12(8)14(16)13-10(3)9(2)11(4)15-13/h8,12,14-16H,5-7H2,1-4H3. The zero-order chi connectivity index (χ0) is 11.9. The Morgan fingerprint density at radius 3 is 2.31 bits per heavy atom. The van der Waals surface area contributed by atoms with Crippen molar-refractivity contribution in [1.29, 1.82) is 0 Å². The maximum atomic E-state index is 10.5. The Kier molecular flexibility index (Phi) is 3.11. The quantitative estimate of drug-likeness (QED) is 0.788. The highest BCUT2D eigenvalue weighted by atomic mass is 16.3. The molecule has 3 atom stereocenters. The van der Waals surface area contributed by atoms with Crippen LogP contribution in [0, 0.1) is 32.6 Å². The molecule has 0 radical (unpaired) electrons. The summed E-state index contributed by atoms with van der Waals surface area (Å²) in [5.41, 5.74) is 4.77. The van der Waals surface area contributed by atoms with Gasteiger partial charge in [0.05, 0.1) is 6.10 Å². The lowest BCUT2D eigenvalue weighted by Gasteiger charge is -2.22. The average Bonchev–Trinajstić information content (AvgIpc) is 2.77. The molecular formula is C14H23NO. The van der Waals surface area contributed by atoms with E-state index in [-0.39, 0.29) is 6.10 Å². The molecule has 1 heterocycles. The van der Waals surface area contributed by atoms with Crippen LogP contribution in [0.4, 0.5) is 0 Å². The van der Waals surface area contributed by atoms with Gasteiger partial charge in [-0.05, 0) is 50.2 Å². The Bertz CT molecular complexity index is 380. The van der Waals surface area contributed by atoms with E-state index in [1.807, 2.05) is 0 Å². The molecule has 0 aliphatic heterocycles. The van der Waals surface area contributed by atoms with Gasteiger partial charge in [0.15, 0.2) is 0 Å². The van der Waals surface area contributed by atoms with Gasteiger partial charge in [-0.2, -0.15) is 0 Å². The van der Waals surface area contributed by atoms with Gasteiger partial charge < -0.3 is 10.1 Å². The van der Waals surface area contributed by atoms with Gasteiger partial charge >= 0.3 is 0 Å². The van der Waals surface area contributed by atoms with Gasteiger partial charge in [-0.3, -0.25) is 0 Å². The lowest BCUT2D eigenvalue weighted by atomic mass is 9.89. The van der Waals surface area contributed by atoms with Crippen molar-refractivity contribution in [2.24, 2.45) is 11.8 Å². The van der Waals surface area contributed by atoms with E-state index in [4.69, 9.17) is 0 Å². The van der Waals surface area contributed by atoms with Gasteiger partial charge in [0.2, 0.25) is 0 Å². The highest BCUT2D eigenvalue weighted by molar-refractivity contribution is 5.35. The fourth-order valence-electron chi connectivity index (χ4n) is 3.03. The van der Waals surface area contributed by atoms with Gasteiger partial charge in [-0.1, -0.05) is 19.8 Å². The Morgan fingerprint density at radius 1 is 1.19 bits per heavy atom. The van der Waals surface area contributed by atoms with Crippen LogP contribution in [0.25, 0.3) is 0 Å². The SMILES string of the molecule is Cc1[nH]c(C(O)C2CCCC2C)c(C)c1C. The molecule has 2 rings (SSSR count). The van der Waals surface area contributed by atoms with Crippen molar-refractivity contribution in [3.63, 3.8) is 0 Å². The fraction of sp³-hybridized carbons (Fsp3) is 0.714. The summed E-state index contributed by atoms with van der Waals surface area (Å²) in [7, 11) is 0. The molecule has 0 amide bonds. The number of hydrogen-bond acceptors (Lipinski definition) is 1. The summed E-state index contributed by atoms with van der Waals surface area (Å²) in [6.45, 7) is 8.57. The molecule has 2 nitrogen and oxygen atoms in total. The molecule has 0 aromatic carbocycles. The van der Waals surface area contributed by atoms with Gasteiger partial charge in [0.25, 0.3) is 0 Å². The lowest BCUT2D eigenvalue weighted by Crippen LogP contribution is -2.16. The van der Waals surface area contributed by atoms with E-state index in [2.05, 4.69) is 32.7 Å². The smallest absolute Gasteiger partial charge is 0.0971 e. The molecule has 1 aromatic heterocycles. The van der Waals surface area contributed by atoms with Crippen LogP contribution < -0.4 is 0 Å². The molecule has 1 aliphatic carbocycles. The first-order valence-electron chi connectivity index (χ1n) is 6.36. The third-order valence-electron chi connectivity index (χ3n) is 4.48. The van der Waals surface area contributed by atoms with Crippen molar-refractivity contribution in [3.05, 3.63) is 22.5 Å². The van der Waals surface area contributed by atoms with Crippen molar-refractivity contribution in [2.75, 3.05) is 0 Å². The van der Waals surface area contributed by atoms with E-state index in [1.165, 1.54) is 36.1 Å². The molecule has 2 heteroatoms. The average molecular weight is 221 g/mol. The number of aliphatic hydroxyl groups excluding tert-OH is 1. The van der Waals surface area contributed by atoms with Crippen LogP contribution in [0.15, 0.2) is 0 Å². The van der Waals surface area contributed by atoms with Crippen LogP contribution in [0.2, 0.25) is 0 Å². The van der Waals surface area contributed by atoms with Crippen LogP contribution in [-0.2, 0) is 0 Å². The zero-order valence-corrected chi connectivity index (χ0v) is 10.8. The molecule has 2 N–H and O–H groups in total. The van der Waals surface area contributed by atoms with Crippen molar-refractivity contribution in [1.82, 2.24) is 4.98 Å². The largest absolute Gasteiger partial charge is 0.387 e. The van der Waals surface area contributed by atoms with Crippen LogP contribution >= 0.6 is 0 Å². The van der Waals surface area contributed by atoms with E-state index >= 15 is 0 Å². The zero-order valence-electron chi connectivity index (χ0n) is 10.8. The molecule has 16 heavy (non-hydrogen) atoms. The predicted molar refractivity (Wildman–Crippen MR) is 66.5 cm³/mol. The maximum Gasteiger partial charge on any atom is 0.0971 e. The van der Waals surface area contributed by atoms with E-state index in [9.17, 15) is 5.11 Å². The highest BCUT2D eigenvalue weighted by Gasteiger charge is 2.32. The summed E-state index contributed by atoms with van der Waals surface area (Å²) in [5.74, 6) is 1.09. The van der Waals surface area contributed by atoms with Crippen molar-refractivity contribution in [3.8, 4) is 0 Å². The molecule has 1 aliphatic rings. The summed E-state index contributed by atoms with van der Waals surface area (Å²) in [6, 6.07) is 0. The van der Waals surface area contributed by atoms with Gasteiger partial charge in [0, 0.05) is 11.4 Å². The number of aromatic nitrogens is 1. The first-order valence-corrected chi connectivity index (χ1v) is 6.36. The molecule has 1 fully saturated rings. The normalized spacial score (nSPS) is 27.3. The van der Waals surface area contributed by atoms with Gasteiger partial charge in [-0.25, -0.2) is 0 Å². The Hall–Kier alpha value is -0.760. The second kappa shape index (κ2) is 4.25. The molecule has 0 saturated heterocycles. The first kappa shape index (κ1) is 11.7. The molecule has 1 aromatic rings. The molecule has 0 spiro atoms. The summed E-state index contributed by atoms with van der Waals surface area (Å²) in [6.07, 6.45) is 3.39. The minimum atomic E-state index is -0.301. The summed E-state index contributed by atoms with van der Waals surface area (Å²) in [5, 5.41) is 10.5. The van der Waals surface area contributed by atoms with Crippen molar-refractivity contribution < 1.29 is 5.11 Å². The minimum absolute atomic E-state index is 0.301. The van der Waals surface area contributed by atoms with E-state index in [0.29, 0.717) is 11.8 Å². The molecule has 3 unspecified atom stereocenters.